The standard InChI is InChI=1S/C19H28N4O4/c1-5-23-15(11-14(20-23)12(2)3)17(25)22-8-6-19(7-9-22)13(18(26)27)10-16(24)21(19)4/h11-13H,5-10H2,1-4H3,(H,26,27). The fraction of sp³-hybridized carbons (Fsp3) is 0.684. The number of aryl methyl sites for hydroxylation is 1. The van der Waals surface area contributed by atoms with E-state index >= 15 is 0 Å². The third-order valence-electron chi connectivity index (χ3n) is 6.19. The Balaban J connectivity index is 1.78. The summed E-state index contributed by atoms with van der Waals surface area (Å²) in [5.41, 5.74) is 0.775. The van der Waals surface area contributed by atoms with Gasteiger partial charge in [-0.05, 0) is 31.7 Å². The molecule has 1 N–H and O–H groups in total. The van der Waals surface area contributed by atoms with Crippen molar-refractivity contribution < 1.29 is 19.5 Å². The van der Waals surface area contributed by atoms with Gasteiger partial charge < -0.3 is 14.9 Å². The number of piperidine rings is 1. The molecule has 8 heteroatoms. The highest BCUT2D eigenvalue weighted by Gasteiger charge is 2.55. The second-order valence-electron chi connectivity index (χ2n) is 7.87. The summed E-state index contributed by atoms with van der Waals surface area (Å²) in [7, 11) is 1.68. The lowest BCUT2D eigenvalue weighted by Crippen LogP contribution is -2.57. The Kier molecular flexibility index (Phi) is 5.01. The second-order valence-corrected chi connectivity index (χ2v) is 7.87. The number of nitrogens with zero attached hydrogens (tertiary/aromatic N) is 4. The van der Waals surface area contributed by atoms with Crippen LogP contribution in [0.15, 0.2) is 6.07 Å². The van der Waals surface area contributed by atoms with Crippen molar-refractivity contribution in [1.82, 2.24) is 19.6 Å². The average molecular weight is 376 g/mol. The number of rotatable bonds is 4. The van der Waals surface area contributed by atoms with Crippen molar-refractivity contribution in [3.63, 3.8) is 0 Å². The van der Waals surface area contributed by atoms with Gasteiger partial charge in [0.05, 0.1) is 17.2 Å². The zero-order valence-corrected chi connectivity index (χ0v) is 16.4. The highest BCUT2D eigenvalue weighted by molar-refractivity contribution is 5.93. The van der Waals surface area contributed by atoms with Gasteiger partial charge in [0.1, 0.15) is 5.69 Å². The molecule has 3 rings (SSSR count). The Bertz CT molecular complexity index is 762. The maximum Gasteiger partial charge on any atom is 0.309 e. The van der Waals surface area contributed by atoms with Crippen LogP contribution in [0.5, 0.6) is 0 Å². The molecule has 0 aliphatic carbocycles. The van der Waals surface area contributed by atoms with Gasteiger partial charge in [0.15, 0.2) is 0 Å². The molecular formula is C19H28N4O4. The van der Waals surface area contributed by atoms with Gasteiger partial charge in [-0.25, -0.2) is 0 Å². The summed E-state index contributed by atoms with van der Waals surface area (Å²) in [6.45, 7) is 7.53. The molecular weight excluding hydrogens is 348 g/mol. The van der Waals surface area contributed by atoms with E-state index in [1.807, 2.05) is 26.8 Å². The summed E-state index contributed by atoms with van der Waals surface area (Å²) in [4.78, 5) is 40.2. The fourth-order valence-electron chi connectivity index (χ4n) is 4.38. The van der Waals surface area contributed by atoms with Gasteiger partial charge in [0.2, 0.25) is 5.91 Å². The minimum atomic E-state index is -0.932. The first kappa shape index (κ1) is 19.4. The molecule has 27 heavy (non-hydrogen) atoms. The van der Waals surface area contributed by atoms with Gasteiger partial charge >= 0.3 is 5.97 Å². The van der Waals surface area contributed by atoms with Crippen molar-refractivity contribution in [2.45, 2.75) is 58.0 Å². The van der Waals surface area contributed by atoms with Crippen LogP contribution < -0.4 is 0 Å². The van der Waals surface area contributed by atoms with Gasteiger partial charge in [-0.2, -0.15) is 5.10 Å². The molecule has 1 atom stereocenters. The summed E-state index contributed by atoms with van der Waals surface area (Å²) in [6, 6.07) is 1.85. The second kappa shape index (κ2) is 6.98. The molecule has 2 aliphatic rings. The molecule has 2 aliphatic heterocycles. The van der Waals surface area contributed by atoms with E-state index < -0.39 is 17.4 Å². The number of aliphatic carboxylic acids is 1. The normalized spacial score (nSPS) is 22.1. The van der Waals surface area contributed by atoms with Crippen LogP contribution >= 0.6 is 0 Å². The smallest absolute Gasteiger partial charge is 0.309 e. The molecule has 0 saturated carbocycles. The zero-order valence-electron chi connectivity index (χ0n) is 16.4. The van der Waals surface area contributed by atoms with Crippen molar-refractivity contribution in [2.24, 2.45) is 5.92 Å². The predicted molar refractivity (Wildman–Crippen MR) is 98.4 cm³/mol. The highest BCUT2D eigenvalue weighted by Crippen LogP contribution is 2.43. The van der Waals surface area contributed by atoms with Crippen LogP contribution in [-0.4, -0.2) is 68.1 Å². The Morgan fingerprint density at radius 1 is 1.33 bits per heavy atom. The lowest BCUT2D eigenvalue weighted by molar-refractivity contribution is -0.145. The average Bonchev–Trinajstić information content (AvgIpc) is 3.18. The number of carbonyl (C=O) groups is 3. The summed E-state index contributed by atoms with van der Waals surface area (Å²) in [5, 5.41) is 14.1. The van der Waals surface area contributed by atoms with E-state index in [1.165, 1.54) is 0 Å². The Morgan fingerprint density at radius 3 is 2.48 bits per heavy atom. The van der Waals surface area contributed by atoms with Crippen LogP contribution in [0.1, 0.15) is 62.1 Å². The lowest BCUT2D eigenvalue weighted by atomic mass is 9.77. The van der Waals surface area contributed by atoms with Crippen LogP contribution in [0.2, 0.25) is 0 Å². The SMILES string of the molecule is CCn1nc(C(C)C)cc1C(=O)N1CCC2(CC1)C(C(=O)O)CC(=O)N2C. The molecule has 3 heterocycles. The summed E-state index contributed by atoms with van der Waals surface area (Å²) in [6.07, 6.45) is 1.00. The van der Waals surface area contributed by atoms with Crippen molar-refractivity contribution in [3.8, 4) is 0 Å². The highest BCUT2D eigenvalue weighted by atomic mass is 16.4. The monoisotopic (exact) mass is 376 g/mol. The van der Waals surface area contributed by atoms with E-state index in [0.717, 1.165) is 5.69 Å². The molecule has 148 valence electrons. The minimum Gasteiger partial charge on any atom is -0.481 e. The van der Waals surface area contributed by atoms with Gasteiger partial charge in [-0.1, -0.05) is 13.8 Å². The molecule has 8 nitrogen and oxygen atoms in total. The first-order chi connectivity index (χ1) is 12.7. The molecule has 2 fully saturated rings. The molecule has 2 saturated heterocycles. The van der Waals surface area contributed by atoms with Crippen LogP contribution in [-0.2, 0) is 16.1 Å². The van der Waals surface area contributed by atoms with E-state index in [4.69, 9.17) is 0 Å². The molecule has 1 spiro atoms. The summed E-state index contributed by atoms with van der Waals surface area (Å²) in [5.74, 6) is -1.61. The molecule has 1 unspecified atom stereocenters. The third-order valence-corrected chi connectivity index (χ3v) is 6.19. The number of hydrogen-bond acceptors (Lipinski definition) is 4. The van der Waals surface area contributed by atoms with Gasteiger partial charge in [0.25, 0.3) is 5.91 Å². The Morgan fingerprint density at radius 2 is 1.96 bits per heavy atom. The predicted octanol–water partition coefficient (Wildman–Crippen LogP) is 1.56. The van der Waals surface area contributed by atoms with E-state index in [0.29, 0.717) is 38.2 Å². The van der Waals surface area contributed by atoms with Gasteiger partial charge in [-0.3, -0.25) is 19.1 Å². The zero-order chi connectivity index (χ0) is 19.9. The van der Waals surface area contributed by atoms with Crippen LogP contribution in [0.25, 0.3) is 0 Å². The Labute approximate surface area is 159 Å². The van der Waals surface area contributed by atoms with Crippen molar-refractivity contribution >= 4 is 17.8 Å². The number of likely N-dealkylation sites (tertiary alicyclic amines) is 2. The van der Waals surface area contributed by atoms with Crippen LogP contribution in [0.4, 0.5) is 0 Å². The largest absolute Gasteiger partial charge is 0.481 e. The molecule has 1 aromatic rings. The van der Waals surface area contributed by atoms with Crippen LogP contribution in [0.3, 0.4) is 0 Å². The van der Waals surface area contributed by atoms with Crippen molar-refractivity contribution in [3.05, 3.63) is 17.5 Å². The first-order valence-electron chi connectivity index (χ1n) is 9.57. The molecule has 2 amide bonds. The van der Waals surface area contributed by atoms with Crippen molar-refractivity contribution in [1.29, 1.82) is 0 Å². The van der Waals surface area contributed by atoms with Crippen molar-refractivity contribution in [2.75, 3.05) is 20.1 Å². The molecule has 1 aromatic heterocycles. The molecule has 0 bridgehead atoms. The number of aromatic nitrogens is 2. The summed E-state index contributed by atoms with van der Waals surface area (Å²) < 4.78 is 1.73. The lowest BCUT2D eigenvalue weighted by Gasteiger charge is -2.45. The number of carboxylic acid groups (broad SMARTS) is 1. The Hall–Kier alpha value is -2.38. The molecule has 0 aromatic carbocycles. The topological polar surface area (TPSA) is 95.7 Å². The van der Waals surface area contributed by atoms with E-state index in [9.17, 15) is 19.5 Å². The maximum absolute atomic E-state index is 13.0. The first-order valence-corrected chi connectivity index (χ1v) is 9.57. The van der Waals surface area contributed by atoms with E-state index in [2.05, 4.69) is 5.10 Å². The summed E-state index contributed by atoms with van der Waals surface area (Å²) >= 11 is 0. The number of hydrogen-bond donors (Lipinski definition) is 1. The minimum absolute atomic E-state index is 0.0418. The van der Waals surface area contributed by atoms with Crippen LogP contribution in [0, 0.1) is 5.92 Å². The van der Waals surface area contributed by atoms with Gasteiger partial charge in [-0.15, -0.1) is 0 Å². The molecule has 0 radical (unpaired) electrons. The number of carbonyl (C=O) groups excluding carboxylic acids is 2. The third kappa shape index (κ3) is 3.11. The van der Waals surface area contributed by atoms with E-state index in [-0.39, 0.29) is 24.2 Å². The quantitative estimate of drug-likeness (QED) is 0.860. The number of amides is 2. The maximum atomic E-state index is 13.0. The number of carboxylic acids is 1. The van der Waals surface area contributed by atoms with E-state index in [1.54, 1.807) is 21.5 Å². The van der Waals surface area contributed by atoms with Gasteiger partial charge in [0, 0.05) is 33.1 Å². The fourth-order valence-corrected chi connectivity index (χ4v) is 4.38.